The SMILES string of the molecule is CC(C1CC1)N1CC(N)CC1=O. The molecule has 0 bridgehead atoms. The van der Waals surface area contributed by atoms with Crippen LogP contribution in [0.5, 0.6) is 0 Å². The molecule has 2 rings (SSSR count). The fraction of sp³-hybridized carbons (Fsp3) is 0.889. The number of carbonyl (C=O) groups excluding carboxylic acids is 1. The van der Waals surface area contributed by atoms with Crippen LogP contribution in [0.3, 0.4) is 0 Å². The van der Waals surface area contributed by atoms with Gasteiger partial charge in [0, 0.05) is 25.0 Å². The molecule has 1 aliphatic carbocycles. The van der Waals surface area contributed by atoms with E-state index in [1.807, 2.05) is 4.90 Å². The van der Waals surface area contributed by atoms with E-state index >= 15 is 0 Å². The fourth-order valence-corrected chi connectivity index (χ4v) is 1.99. The summed E-state index contributed by atoms with van der Waals surface area (Å²) in [6.07, 6.45) is 3.14. The molecule has 12 heavy (non-hydrogen) atoms. The average molecular weight is 168 g/mol. The van der Waals surface area contributed by atoms with E-state index < -0.39 is 0 Å². The summed E-state index contributed by atoms with van der Waals surface area (Å²) in [6.45, 7) is 2.92. The van der Waals surface area contributed by atoms with Gasteiger partial charge in [0.15, 0.2) is 0 Å². The molecule has 1 amide bonds. The summed E-state index contributed by atoms with van der Waals surface area (Å²) in [7, 11) is 0. The maximum absolute atomic E-state index is 11.4. The molecule has 2 N–H and O–H groups in total. The van der Waals surface area contributed by atoms with Crippen LogP contribution in [0.25, 0.3) is 0 Å². The predicted molar refractivity (Wildman–Crippen MR) is 46.5 cm³/mol. The third-order valence-corrected chi connectivity index (χ3v) is 2.98. The Morgan fingerprint density at radius 2 is 2.25 bits per heavy atom. The molecule has 0 spiro atoms. The molecule has 1 saturated carbocycles. The monoisotopic (exact) mass is 168 g/mol. The first-order valence-electron chi connectivity index (χ1n) is 4.73. The lowest BCUT2D eigenvalue weighted by atomic mass is 10.2. The number of hydrogen-bond acceptors (Lipinski definition) is 2. The van der Waals surface area contributed by atoms with Gasteiger partial charge in [0.25, 0.3) is 0 Å². The van der Waals surface area contributed by atoms with Crippen molar-refractivity contribution in [3.05, 3.63) is 0 Å². The zero-order valence-corrected chi connectivity index (χ0v) is 7.49. The largest absolute Gasteiger partial charge is 0.338 e. The molecular formula is C9H16N2O. The van der Waals surface area contributed by atoms with E-state index in [0.29, 0.717) is 12.5 Å². The first kappa shape index (κ1) is 8.05. The minimum atomic E-state index is 0.0821. The van der Waals surface area contributed by atoms with E-state index in [2.05, 4.69) is 6.92 Å². The Hall–Kier alpha value is -0.570. The van der Waals surface area contributed by atoms with E-state index in [0.717, 1.165) is 12.5 Å². The zero-order valence-electron chi connectivity index (χ0n) is 7.49. The van der Waals surface area contributed by atoms with Crippen LogP contribution in [-0.4, -0.2) is 29.4 Å². The molecule has 0 aromatic heterocycles. The van der Waals surface area contributed by atoms with Crippen molar-refractivity contribution in [2.45, 2.75) is 38.3 Å². The molecule has 0 aromatic rings. The van der Waals surface area contributed by atoms with Crippen molar-refractivity contribution in [3.8, 4) is 0 Å². The van der Waals surface area contributed by atoms with E-state index in [-0.39, 0.29) is 11.9 Å². The van der Waals surface area contributed by atoms with Gasteiger partial charge in [-0.1, -0.05) is 0 Å². The molecule has 1 heterocycles. The van der Waals surface area contributed by atoms with Crippen LogP contribution in [0.2, 0.25) is 0 Å². The molecule has 2 aliphatic rings. The number of nitrogens with two attached hydrogens (primary N) is 1. The summed E-state index contributed by atoms with van der Waals surface area (Å²) in [4.78, 5) is 13.4. The highest BCUT2D eigenvalue weighted by molar-refractivity contribution is 5.79. The molecule has 3 nitrogen and oxygen atoms in total. The molecule has 2 fully saturated rings. The summed E-state index contributed by atoms with van der Waals surface area (Å²) in [5.41, 5.74) is 5.71. The van der Waals surface area contributed by atoms with Crippen LogP contribution >= 0.6 is 0 Å². The highest BCUT2D eigenvalue weighted by Crippen LogP contribution is 2.36. The van der Waals surface area contributed by atoms with Gasteiger partial charge in [0.05, 0.1) is 0 Å². The van der Waals surface area contributed by atoms with Gasteiger partial charge in [0.2, 0.25) is 5.91 Å². The van der Waals surface area contributed by atoms with Crippen molar-refractivity contribution < 1.29 is 4.79 Å². The lowest BCUT2D eigenvalue weighted by Gasteiger charge is -2.24. The van der Waals surface area contributed by atoms with E-state index in [4.69, 9.17) is 5.73 Å². The van der Waals surface area contributed by atoms with Gasteiger partial charge in [0.1, 0.15) is 0 Å². The highest BCUT2D eigenvalue weighted by Gasteiger charge is 2.38. The molecular weight excluding hydrogens is 152 g/mol. The number of amides is 1. The molecule has 2 atom stereocenters. The van der Waals surface area contributed by atoms with Crippen LogP contribution in [0.4, 0.5) is 0 Å². The Labute approximate surface area is 72.9 Å². The summed E-state index contributed by atoms with van der Waals surface area (Å²) < 4.78 is 0. The topological polar surface area (TPSA) is 46.3 Å². The molecule has 1 aliphatic heterocycles. The molecule has 3 heteroatoms. The van der Waals surface area contributed by atoms with E-state index in [1.54, 1.807) is 0 Å². The first-order chi connectivity index (χ1) is 5.68. The molecule has 1 saturated heterocycles. The summed E-state index contributed by atoms with van der Waals surface area (Å²) in [5.74, 6) is 1.01. The van der Waals surface area contributed by atoms with Crippen LogP contribution in [0, 0.1) is 5.92 Å². The third kappa shape index (κ3) is 1.33. The summed E-state index contributed by atoms with van der Waals surface area (Å²) in [5, 5.41) is 0. The first-order valence-corrected chi connectivity index (χ1v) is 4.73. The standard InChI is InChI=1S/C9H16N2O/c1-6(7-2-3-7)11-5-8(10)4-9(11)12/h6-8H,2-5,10H2,1H3. The molecule has 2 unspecified atom stereocenters. The molecule has 0 radical (unpaired) electrons. The van der Waals surface area contributed by atoms with Gasteiger partial charge in [-0.15, -0.1) is 0 Å². The molecule has 68 valence electrons. The van der Waals surface area contributed by atoms with Crippen LogP contribution in [0.15, 0.2) is 0 Å². The highest BCUT2D eigenvalue weighted by atomic mass is 16.2. The second kappa shape index (κ2) is 2.73. The Bertz CT molecular complexity index is 201. The van der Waals surface area contributed by atoms with Crippen molar-refractivity contribution in [1.29, 1.82) is 0 Å². The predicted octanol–water partition coefficient (Wildman–Crippen LogP) is 0.344. The van der Waals surface area contributed by atoms with Gasteiger partial charge in [-0.05, 0) is 25.7 Å². The maximum atomic E-state index is 11.4. The quantitative estimate of drug-likeness (QED) is 0.646. The average Bonchev–Trinajstić information content (AvgIpc) is 2.77. The fourth-order valence-electron chi connectivity index (χ4n) is 1.99. The Morgan fingerprint density at radius 3 is 2.67 bits per heavy atom. The Morgan fingerprint density at radius 1 is 1.58 bits per heavy atom. The van der Waals surface area contributed by atoms with Gasteiger partial charge in [-0.3, -0.25) is 4.79 Å². The minimum absolute atomic E-state index is 0.0821. The smallest absolute Gasteiger partial charge is 0.224 e. The van der Waals surface area contributed by atoms with Crippen LogP contribution in [-0.2, 0) is 4.79 Å². The zero-order chi connectivity index (χ0) is 8.72. The summed E-state index contributed by atoms with van der Waals surface area (Å²) >= 11 is 0. The van der Waals surface area contributed by atoms with Gasteiger partial charge in [-0.2, -0.15) is 0 Å². The Balaban J connectivity index is 1.98. The molecule has 0 aromatic carbocycles. The van der Waals surface area contributed by atoms with Crippen molar-refractivity contribution >= 4 is 5.91 Å². The third-order valence-electron chi connectivity index (χ3n) is 2.98. The minimum Gasteiger partial charge on any atom is -0.338 e. The lowest BCUT2D eigenvalue weighted by Crippen LogP contribution is -2.37. The van der Waals surface area contributed by atoms with Gasteiger partial charge < -0.3 is 10.6 Å². The normalized spacial score (nSPS) is 32.7. The second-order valence-corrected chi connectivity index (χ2v) is 4.09. The van der Waals surface area contributed by atoms with Crippen molar-refractivity contribution in [2.24, 2.45) is 11.7 Å². The Kier molecular flexibility index (Phi) is 1.83. The lowest BCUT2D eigenvalue weighted by molar-refractivity contribution is -0.129. The van der Waals surface area contributed by atoms with Crippen LogP contribution < -0.4 is 5.73 Å². The number of carbonyl (C=O) groups is 1. The van der Waals surface area contributed by atoms with Gasteiger partial charge >= 0.3 is 0 Å². The van der Waals surface area contributed by atoms with Gasteiger partial charge in [-0.25, -0.2) is 0 Å². The van der Waals surface area contributed by atoms with Crippen molar-refractivity contribution in [2.75, 3.05) is 6.54 Å². The number of rotatable bonds is 2. The number of hydrogen-bond donors (Lipinski definition) is 1. The van der Waals surface area contributed by atoms with Crippen molar-refractivity contribution in [3.63, 3.8) is 0 Å². The van der Waals surface area contributed by atoms with Crippen molar-refractivity contribution in [1.82, 2.24) is 4.90 Å². The second-order valence-electron chi connectivity index (χ2n) is 4.09. The van der Waals surface area contributed by atoms with E-state index in [9.17, 15) is 4.79 Å². The maximum Gasteiger partial charge on any atom is 0.224 e. The summed E-state index contributed by atoms with van der Waals surface area (Å²) in [6, 6.07) is 0.518. The van der Waals surface area contributed by atoms with E-state index in [1.165, 1.54) is 12.8 Å². The number of nitrogens with zero attached hydrogens (tertiary/aromatic N) is 1. The number of likely N-dealkylation sites (tertiary alicyclic amines) is 1. The van der Waals surface area contributed by atoms with Crippen LogP contribution in [0.1, 0.15) is 26.2 Å².